The summed E-state index contributed by atoms with van der Waals surface area (Å²) in [5.74, 6) is 0.461. The predicted octanol–water partition coefficient (Wildman–Crippen LogP) is 5.61. The fourth-order valence-electron chi connectivity index (χ4n) is 4.92. The van der Waals surface area contributed by atoms with Crippen LogP contribution in [0.3, 0.4) is 0 Å². The molecule has 3 atom stereocenters. The van der Waals surface area contributed by atoms with Crippen LogP contribution in [0.4, 0.5) is 13.2 Å². The number of halogens is 3. The van der Waals surface area contributed by atoms with Crippen LogP contribution in [0, 0.1) is 0 Å². The van der Waals surface area contributed by atoms with Gasteiger partial charge in [-0.05, 0) is 62.4 Å². The molecule has 0 bridgehead atoms. The van der Waals surface area contributed by atoms with Crippen molar-refractivity contribution in [3.63, 3.8) is 0 Å². The molecule has 3 aliphatic rings. The Balaban J connectivity index is 1.47. The van der Waals surface area contributed by atoms with Crippen LogP contribution in [-0.4, -0.2) is 24.9 Å². The molecule has 1 N–H and O–H groups in total. The van der Waals surface area contributed by atoms with Gasteiger partial charge in [-0.2, -0.15) is 13.2 Å². The summed E-state index contributed by atoms with van der Waals surface area (Å²) in [4.78, 5) is 0. The molecule has 1 spiro atoms. The average molecular weight is 417 g/mol. The number of hydrogen-bond donors (Lipinski definition) is 1. The summed E-state index contributed by atoms with van der Waals surface area (Å²) in [7, 11) is 0. The fraction of sp³-hybridized carbons (Fsp3) is 0.500. The van der Waals surface area contributed by atoms with E-state index in [1.165, 1.54) is 12.1 Å². The van der Waals surface area contributed by atoms with Gasteiger partial charge in [-0.3, -0.25) is 0 Å². The number of benzene rings is 2. The van der Waals surface area contributed by atoms with Gasteiger partial charge in [-0.1, -0.05) is 30.3 Å². The molecular formula is C24H26F3NO2. The van der Waals surface area contributed by atoms with E-state index in [1.807, 2.05) is 18.2 Å². The second-order valence-electron chi connectivity index (χ2n) is 8.75. The van der Waals surface area contributed by atoms with E-state index in [2.05, 4.69) is 17.4 Å². The molecule has 2 heterocycles. The first-order chi connectivity index (χ1) is 14.4. The quantitative estimate of drug-likeness (QED) is 0.701. The van der Waals surface area contributed by atoms with Gasteiger partial charge >= 0.3 is 6.18 Å². The maximum Gasteiger partial charge on any atom is 0.416 e. The van der Waals surface area contributed by atoms with Crippen molar-refractivity contribution in [1.82, 2.24) is 5.32 Å². The Morgan fingerprint density at radius 2 is 1.87 bits per heavy atom. The summed E-state index contributed by atoms with van der Waals surface area (Å²) < 4.78 is 52.6. The molecule has 0 unspecified atom stereocenters. The van der Waals surface area contributed by atoms with E-state index < -0.39 is 17.3 Å². The first-order valence-electron chi connectivity index (χ1n) is 10.7. The van der Waals surface area contributed by atoms with Crippen molar-refractivity contribution in [1.29, 1.82) is 0 Å². The number of ether oxygens (including phenoxy) is 2. The maximum atomic E-state index is 13.4. The summed E-state index contributed by atoms with van der Waals surface area (Å²) in [6.07, 6.45) is 0.255. The van der Waals surface area contributed by atoms with Crippen LogP contribution in [0.2, 0.25) is 0 Å². The van der Waals surface area contributed by atoms with Crippen LogP contribution < -0.4 is 10.1 Å². The molecular weight excluding hydrogens is 391 g/mol. The first kappa shape index (κ1) is 19.9. The summed E-state index contributed by atoms with van der Waals surface area (Å²) in [6.45, 7) is 1.32. The molecule has 1 saturated carbocycles. The first-order valence-corrected chi connectivity index (χ1v) is 10.7. The van der Waals surface area contributed by atoms with E-state index in [0.29, 0.717) is 24.3 Å². The Kier molecular flexibility index (Phi) is 5.02. The summed E-state index contributed by atoms with van der Waals surface area (Å²) in [6, 6.07) is 14.1. The van der Waals surface area contributed by atoms with E-state index >= 15 is 0 Å². The highest BCUT2D eigenvalue weighted by Gasteiger charge is 2.49. The number of rotatable bonds is 4. The molecule has 2 aromatic rings. The lowest BCUT2D eigenvalue weighted by molar-refractivity contribution is -0.137. The molecule has 0 amide bonds. The molecule has 2 saturated heterocycles. The third-order valence-corrected chi connectivity index (χ3v) is 6.54. The van der Waals surface area contributed by atoms with Gasteiger partial charge in [0.15, 0.2) is 0 Å². The van der Waals surface area contributed by atoms with Gasteiger partial charge in [0.2, 0.25) is 0 Å². The Bertz CT molecular complexity index is 897. The van der Waals surface area contributed by atoms with E-state index in [9.17, 15) is 13.2 Å². The van der Waals surface area contributed by atoms with Gasteiger partial charge in [-0.25, -0.2) is 0 Å². The van der Waals surface area contributed by atoms with Crippen LogP contribution in [0.1, 0.15) is 60.8 Å². The fourth-order valence-corrected chi connectivity index (χ4v) is 4.92. The van der Waals surface area contributed by atoms with Crippen LogP contribution in [0.25, 0.3) is 0 Å². The molecule has 6 heteroatoms. The SMILES string of the molecule is FC(F)(F)c1ccc(OC2CC2)c([C@@H]2CO[C@]3(CCCN[C@H]3c3ccccc3)C2)c1. The Morgan fingerprint density at radius 1 is 1.07 bits per heavy atom. The largest absolute Gasteiger partial charge is 0.490 e. The monoisotopic (exact) mass is 417 g/mol. The molecule has 30 heavy (non-hydrogen) atoms. The van der Waals surface area contributed by atoms with E-state index in [4.69, 9.17) is 9.47 Å². The zero-order chi connectivity index (χ0) is 20.8. The highest BCUT2D eigenvalue weighted by atomic mass is 19.4. The smallest absolute Gasteiger partial charge is 0.416 e. The molecule has 160 valence electrons. The number of hydrogen-bond acceptors (Lipinski definition) is 3. The molecule has 0 radical (unpaired) electrons. The minimum Gasteiger partial charge on any atom is -0.490 e. The second-order valence-corrected chi connectivity index (χ2v) is 8.75. The van der Waals surface area contributed by atoms with Crippen molar-refractivity contribution in [3.8, 4) is 5.75 Å². The summed E-state index contributed by atoms with van der Waals surface area (Å²) in [5, 5.41) is 3.60. The van der Waals surface area contributed by atoms with Crippen molar-refractivity contribution >= 4 is 0 Å². The van der Waals surface area contributed by atoms with Crippen molar-refractivity contribution in [2.24, 2.45) is 0 Å². The zero-order valence-corrected chi connectivity index (χ0v) is 16.8. The lowest BCUT2D eigenvalue weighted by atomic mass is 9.76. The molecule has 1 aliphatic carbocycles. The normalized spacial score (nSPS) is 29.3. The zero-order valence-electron chi connectivity index (χ0n) is 16.8. The van der Waals surface area contributed by atoms with E-state index in [0.717, 1.165) is 43.9 Å². The maximum absolute atomic E-state index is 13.4. The van der Waals surface area contributed by atoms with Crippen LogP contribution in [0.15, 0.2) is 48.5 Å². The van der Waals surface area contributed by atoms with Gasteiger partial charge in [0, 0.05) is 11.5 Å². The van der Waals surface area contributed by atoms with Gasteiger partial charge in [-0.15, -0.1) is 0 Å². The highest BCUT2D eigenvalue weighted by molar-refractivity contribution is 5.42. The predicted molar refractivity (Wildman–Crippen MR) is 108 cm³/mol. The third-order valence-electron chi connectivity index (χ3n) is 6.54. The Morgan fingerprint density at radius 3 is 2.60 bits per heavy atom. The van der Waals surface area contributed by atoms with Gasteiger partial charge in [0.05, 0.1) is 29.9 Å². The second kappa shape index (κ2) is 7.57. The van der Waals surface area contributed by atoms with Crippen molar-refractivity contribution < 1.29 is 22.6 Å². The topological polar surface area (TPSA) is 30.5 Å². The van der Waals surface area contributed by atoms with Gasteiger partial charge in [0.25, 0.3) is 0 Å². The van der Waals surface area contributed by atoms with Gasteiger partial charge in [0.1, 0.15) is 5.75 Å². The van der Waals surface area contributed by atoms with Crippen LogP contribution in [-0.2, 0) is 10.9 Å². The Labute approximate surface area is 174 Å². The molecule has 0 aromatic heterocycles. The summed E-state index contributed by atoms with van der Waals surface area (Å²) in [5.41, 5.74) is 0.764. The molecule has 5 rings (SSSR count). The van der Waals surface area contributed by atoms with E-state index in [1.54, 1.807) is 0 Å². The number of piperidine rings is 1. The Hall–Kier alpha value is -2.05. The van der Waals surface area contributed by atoms with Crippen LogP contribution in [0.5, 0.6) is 5.75 Å². The third kappa shape index (κ3) is 3.83. The molecule has 2 aromatic carbocycles. The molecule has 3 nitrogen and oxygen atoms in total. The van der Waals surface area contributed by atoms with Crippen LogP contribution >= 0.6 is 0 Å². The average Bonchev–Trinajstić information content (AvgIpc) is 3.47. The lowest BCUT2D eigenvalue weighted by Gasteiger charge is -2.41. The lowest BCUT2D eigenvalue weighted by Crippen LogP contribution is -2.48. The minimum atomic E-state index is -4.37. The number of alkyl halides is 3. The summed E-state index contributed by atoms with van der Waals surface area (Å²) >= 11 is 0. The highest BCUT2D eigenvalue weighted by Crippen LogP contribution is 2.50. The number of nitrogens with one attached hydrogen (secondary N) is 1. The van der Waals surface area contributed by atoms with Crippen molar-refractivity contribution in [2.45, 2.75) is 61.9 Å². The van der Waals surface area contributed by atoms with Crippen molar-refractivity contribution in [3.05, 3.63) is 65.2 Å². The van der Waals surface area contributed by atoms with Gasteiger partial charge < -0.3 is 14.8 Å². The van der Waals surface area contributed by atoms with E-state index in [-0.39, 0.29) is 18.1 Å². The molecule has 2 aliphatic heterocycles. The standard InChI is InChI=1S/C24H26F3NO2/c25-24(26,27)18-7-10-21(30-19-8-9-19)20(13-18)17-14-23(29-15-17)11-4-12-28-22(23)16-5-2-1-3-6-16/h1-3,5-7,10,13,17,19,22,28H,4,8-9,11-12,14-15H2/t17-,22-,23+/m0/s1. The minimum absolute atomic E-state index is 0.0380. The molecule has 3 fully saturated rings. The van der Waals surface area contributed by atoms with Crippen molar-refractivity contribution in [2.75, 3.05) is 13.2 Å².